The number of ketones is 1. The number of Topliss-reactive ketones (excluding diaryl/α,β-unsaturated/α-hetero) is 1. The SMILES string of the molecule is O=C1C[C@@H](c2ccc(O)cc2)Oc2cc(O)cc(O)c21.[H-].[Na+]. The Morgan fingerprint density at radius 2 is 1.71 bits per heavy atom. The number of hydrogen-bond acceptors (Lipinski definition) is 5. The number of benzene rings is 2. The first-order valence-electron chi connectivity index (χ1n) is 6.09. The predicted molar refractivity (Wildman–Crippen MR) is 71.3 cm³/mol. The van der Waals surface area contributed by atoms with Gasteiger partial charge in [-0.25, -0.2) is 0 Å². The zero-order chi connectivity index (χ0) is 14.3. The van der Waals surface area contributed by atoms with Crippen LogP contribution in [-0.4, -0.2) is 21.1 Å². The van der Waals surface area contributed by atoms with E-state index in [0.29, 0.717) is 0 Å². The standard InChI is InChI=1S/C15H12O5.Na.H/c16-9-3-1-8(2-4-9)13-7-12(19)15-11(18)5-10(17)6-14(15)20-13;;/h1-6,13,16-18H,7H2;;/q;+1;-1/t13-;;/m0../s1. The van der Waals surface area contributed by atoms with Crippen molar-refractivity contribution in [2.24, 2.45) is 0 Å². The van der Waals surface area contributed by atoms with Crippen LogP contribution in [0.4, 0.5) is 0 Å². The Morgan fingerprint density at radius 1 is 1.05 bits per heavy atom. The molecule has 2 aromatic rings. The molecule has 1 heterocycles. The summed E-state index contributed by atoms with van der Waals surface area (Å²) in [4.78, 5) is 12.1. The van der Waals surface area contributed by atoms with Crippen LogP contribution in [0.1, 0.15) is 29.9 Å². The Balaban J connectivity index is 0.00000121. The molecule has 1 aliphatic rings. The predicted octanol–water partition coefficient (Wildman–Crippen LogP) is -0.374. The van der Waals surface area contributed by atoms with Crippen molar-refractivity contribution in [2.75, 3.05) is 0 Å². The first-order valence-corrected chi connectivity index (χ1v) is 6.09. The van der Waals surface area contributed by atoms with Gasteiger partial charge in [0.1, 0.15) is 34.7 Å². The first-order chi connectivity index (χ1) is 9.54. The van der Waals surface area contributed by atoms with E-state index in [9.17, 15) is 20.1 Å². The number of carbonyl (C=O) groups is 1. The van der Waals surface area contributed by atoms with E-state index in [4.69, 9.17) is 4.74 Å². The zero-order valence-electron chi connectivity index (χ0n) is 12.4. The molecule has 1 aliphatic heterocycles. The normalized spacial score (nSPS) is 16.6. The minimum Gasteiger partial charge on any atom is -1.00 e. The van der Waals surface area contributed by atoms with Crippen molar-refractivity contribution in [1.29, 1.82) is 0 Å². The molecule has 0 fully saturated rings. The molecular weight excluding hydrogens is 283 g/mol. The number of ether oxygens (including phenoxy) is 1. The fraction of sp³-hybridized carbons (Fsp3) is 0.133. The number of fused-ring (bicyclic) bond motifs is 1. The van der Waals surface area contributed by atoms with Crippen molar-refractivity contribution in [3.63, 3.8) is 0 Å². The van der Waals surface area contributed by atoms with Gasteiger partial charge in [-0.3, -0.25) is 4.79 Å². The van der Waals surface area contributed by atoms with Crippen molar-refractivity contribution in [2.45, 2.75) is 12.5 Å². The molecule has 0 unspecified atom stereocenters. The van der Waals surface area contributed by atoms with E-state index in [1.54, 1.807) is 12.1 Å². The maximum absolute atomic E-state index is 12.1. The van der Waals surface area contributed by atoms with Crippen LogP contribution in [0.15, 0.2) is 36.4 Å². The maximum Gasteiger partial charge on any atom is 1.00 e. The van der Waals surface area contributed by atoms with Gasteiger partial charge in [0, 0.05) is 12.1 Å². The summed E-state index contributed by atoms with van der Waals surface area (Å²) >= 11 is 0. The monoisotopic (exact) mass is 296 g/mol. The number of carbonyl (C=O) groups excluding carboxylic acids is 1. The van der Waals surface area contributed by atoms with E-state index < -0.39 is 6.10 Å². The smallest absolute Gasteiger partial charge is 1.00 e. The molecule has 0 aliphatic carbocycles. The summed E-state index contributed by atoms with van der Waals surface area (Å²) in [6, 6.07) is 8.78. The molecule has 0 saturated heterocycles. The summed E-state index contributed by atoms with van der Waals surface area (Å²) in [7, 11) is 0. The Kier molecular flexibility index (Phi) is 4.46. The summed E-state index contributed by atoms with van der Waals surface area (Å²) in [5.74, 6) is -0.403. The number of rotatable bonds is 1. The minimum absolute atomic E-state index is 0. The molecule has 3 rings (SSSR count). The van der Waals surface area contributed by atoms with Crippen LogP contribution in [0.5, 0.6) is 23.0 Å². The summed E-state index contributed by atoms with van der Waals surface area (Å²) in [6.07, 6.45) is -0.410. The molecule has 0 saturated carbocycles. The average molecular weight is 296 g/mol. The van der Waals surface area contributed by atoms with Crippen LogP contribution < -0.4 is 34.3 Å². The largest absolute Gasteiger partial charge is 1.00 e. The Hall–Kier alpha value is -1.69. The number of phenols is 3. The number of hydrogen-bond donors (Lipinski definition) is 3. The fourth-order valence-corrected chi connectivity index (χ4v) is 2.30. The van der Waals surface area contributed by atoms with E-state index in [1.165, 1.54) is 18.2 Å². The van der Waals surface area contributed by atoms with Crippen molar-refractivity contribution in [3.05, 3.63) is 47.5 Å². The molecule has 0 aromatic heterocycles. The van der Waals surface area contributed by atoms with Crippen molar-refractivity contribution in [1.82, 2.24) is 0 Å². The van der Waals surface area contributed by atoms with Crippen LogP contribution in [0.25, 0.3) is 0 Å². The topological polar surface area (TPSA) is 87.0 Å². The fourth-order valence-electron chi connectivity index (χ4n) is 2.30. The third-order valence-corrected chi connectivity index (χ3v) is 3.25. The summed E-state index contributed by atoms with van der Waals surface area (Å²) in [5, 5.41) is 28.4. The van der Waals surface area contributed by atoms with Crippen molar-refractivity contribution in [3.8, 4) is 23.0 Å². The molecule has 6 heteroatoms. The number of aromatic hydroxyl groups is 3. The van der Waals surface area contributed by atoms with Gasteiger partial charge in [-0.1, -0.05) is 12.1 Å². The summed E-state index contributed by atoms with van der Waals surface area (Å²) in [5.41, 5.74) is 0.836. The van der Waals surface area contributed by atoms with Gasteiger partial charge in [0.15, 0.2) is 5.78 Å². The zero-order valence-corrected chi connectivity index (χ0v) is 13.4. The molecular formula is C15H13NaO5. The van der Waals surface area contributed by atoms with Crippen LogP contribution in [-0.2, 0) is 0 Å². The molecule has 0 amide bonds. The molecule has 0 spiro atoms. The second kappa shape index (κ2) is 5.97. The van der Waals surface area contributed by atoms with Gasteiger partial charge in [-0.2, -0.15) is 0 Å². The average Bonchev–Trinajstić information content (AvgIpc) is 2.38. The van der Waals surface area contributed by atoms with Crippen LogP contribution in [0, 0.1) is 0 Å². The van der Waals surface area contributed by atoms with Gasteiger partial charge < -0.3 is 21.5 Å². The van der Waals surface area contributed by atoms with Crippen LogP contribution in [0.2, 0.25) is 0 Å². The van der Waals surface area contributed by atoms with Gasteiger partial charge in [-0.05, 0) is 17.7 Å². The van der Waals surface area contributed by atoms with Crippen molar-refractivity contribution < 1.29 is 55.8 Å². The second-order valence-corrected chi connectivity index (χ2v) is 4.66. The molecule has 1 atom stereocenters. The van der Waals surface area contributed by atoms with E-state index in [1.807, 2.05) is 0 Å². The third kappa shape index (κ3) is 3.00. The molecule has 104 valence electrons. The molecule has 5 nitrogen and oxygen atoms in total. The third-order valence-electron chi connectivity index (χ3n) is 3.25. The molecule has 0 radical (unpaired) electrons. The molecule has 21 heavy (non-hydrogen) atoms. The first kappa shape index (κ1) is 15.7. The Morgan fingerprint density at radius 3 is 2.38 bits per heavy atom. The minimum atomic E-state index is -0.503. The van der Waals surface area contributed by atoms with E-state index in [-0.39, 0.29) is 71.7 Å². The van der Waals surface area contributed by atoms with Crippen LogP contribution in [0.3, 0.4) is 0 Å². The molecule has 2 aromatic carbocycles. The second-order valence-electron chi connectivity index (χ2n) is 4.66. The van der Waals surface area contributed by atoms with Gasteiger partial charge in [-0.15, -0.1) is 0 Å². The molecule has 0 bridgehead atoms. The van der Waals surface area contributed by atoms with Gasteiger partial charge >= 0.3 is 29.6 Å². The van der Waals surface area contributed by atoms with Gasteiger partial charge in [0.05, 0.1) is 6.42 Å². The van der Waals surface area contributed by atoms with E-state index >= 15 is 0 Å². The van der Waals surface area contributed by atoms with Gasteiger partial charge in [0.2, 0.25) is 0 Å². The van der Waals surface area contributed by atoms with E-state index in [0.717, 1.165) is 11.6 Å². The Labute approximate surface area is 144 Å². The molecule has 3 N–H and O–H groups in total. The quantitative estimate of drug-likeness (QED) is 0.625. The van der Waals surface area contributed by atoms with Gasteiger partial charge in [0.25, 0.3) is 0 Å². The van der Waals surface area contributed by atoms with E-state index in [2.05, 4.69) is 0 Å². The Bertz CT molecular complexity index is 687. The van der Waals surface area contributed by atoms with Crippen molar-refractivity contribution >= 4 is 5.78 Å². The number of phenolic OH excluding ortho intramolecular Hbond substituents is 3. The summed E-state index contributed by atoms with van der Waals surface area (Å²) in [6.45, 7) is 0. The maximum atomic E-state index is 12.1. The van der Waals surface area contributed by atoms with Crippen LogP contribution >= 0.6 is 0 Å². The summed E-state index contributed by atoms with van der Waals surface area (Å²) < 4.78 is 5.67.